The van der Waals surface area contributed by atoms with Gasteiger partial charge < -0.3 is 21.3 Å². The van der Waals surface area contributed by atoms with Crippen LogP contribution in [0.1, 0.15) is 46.0 Å². The van der Waals surface area contributed by atoms with Gasteiger partial charge >= 0.3 is 11.9 Å². The predicted molar refractivity (Wildman–Crippen MR) is 92.3 cm³/mol. The fourth-order valence-electron chi connectivity index (χ4n) is 2.28. The average molecular weight is 358 g/mol. The van der Waals surface area contributed by atoms with Crippen LogP contribution >= 0.6 is 11.8 Å². The Morgan fingerprint density at radius 2 is 1.96 bits per heavy atom. The van der Waals surface area contributed by atoms with Crippen molar-refractivity contribution in [2.24, 2.45) is 17.1 Å². The van der Waals surface area contributed by atoms with Crippen LogP contribution in [-0.2, 0) is 14.4 Å². The standard InChI is InChI=1S/C16H26N2O5S/c1-16(2)9-10(16)14(21)18-11(15(22)23)6-4-3-5-7-24-12(17)8-13(19)20/h6,10,12H,3-5,7-9,17H2,1-2H3,(H,18,21)(H,19,20)(H,22,23)/b11-6-. The zero-order chi connectivity index (χ0) is 18.3. The minimum atomic E-state index is -1.14. The number of amides is 1. The summed E-state index contributed by atoms with van der Waals surface area (Å²) in [4.78, 5) is 33.6. The zero-order valence-corrected chi connectivity index (χ0v) is 14.9. The Bertz CT molecular complexity index is 519. The monoisotopic (exact) mass is 358 g/mol. The molecule has 0 aromatic rings. The van der Waals surface area contributed by atoms with Gasteiger partial charge in [0.05, 0.1) is 11.8 Å². The first-order valence-corrected chi connectivity index (χ1v) is 9.01. The lowest BCUT2D eigenvalue weighted by Crippen LogP contribution is -2.29. The lowest BCUT2D eigenvalue weighted by Gasteiger charge is -2.08. The molecule has 2 unspecified atom stereocenters. The Morgan fingerprint density at radius 1 is 1.33 bits per heavy atom. The number of nitrogens with two attached hydrogens (primary N) is 1. The van der Waals surface area contributed by atoms with Crippen LogP contribution in [0.2, 0.25) is 0 Å². The van der Waals surface area contributed by atoms with E-state index in [1.807, 2.05) is 13.8 Å². The fourth-order valence-corrected chi connectivity index (χ4v) is 3.22. The fraction of sp³-hybridized carbons (Fsp3) is 0.688. The van der Waals surface area contributed by atoms with Gasteiger partial charge in [0.1, 0.15) is 5.70 Å². The van der Waals surface area contributed by atoms with E-state index < -0.39 is 17.3 Å². The van der Waals surface area contributed by atoms with E-state index in [4.69, 9.17) is 15.9 Å². The van der Waals surface area contributed by atoms with E-state index in [1.165, 1.54) is 17.8 Å². The molecule has 2 atom stereocenters. The number of carboxylic acid groups (broad SMARTS) is 2. The predicted octanol–water partition coefficient (Wildman–Crippen LogP) is 1.78. The van der Waals surface area contributed by atoms with Gasteiger partial charge in [0, 0.05) is 5.92 Å². The van der Waals surface area contributed by atoms with Crippen molar-refractivity contribution in [3.63, 3.8) is 0 Å². The highest BCUT2D eigenvalue weighted by Crippen LogP contribution is 2.51. The Morgan fingerprint density at radius 3 is 2.46 bits per heavy atom. The van der Waals surface area contributed by atoms with Gasteiger partial charge in [-0.15, -0.1) is 11.8 Å². The Balaban J connectivity index is 2.28. The second-order valence-electron chi connectivity index (χ2n) is 6.66. The summed E-state index contributed by atoms with van der Waals surface area (Å²) in [6.07, 6.45) is 4.30. The molecule has 136 valence electrons. The summed E-state index contributed by atoms with van der Waals surface area (Å²) in [5.74, 6) is -1.69. The molecule has 0 aromatic carbocycles. The molecule has 0 aromatic heterocycles. The molecule has 0 heterocycles. The number of carbonyl (C=O) groups is 3. The zero-order valence-electron chi connectivity index (χ0n) is 14.1. The van der Waals surface area contributed by atoms with Crippen molar-refractivity contribution in [2.75, 3.05) is 5.75 Å². The number of rotatable bonds is 11. The average Bonchev–Trinajstić information content (AvgIpc) is 3.09. The van der Waals surface area contributed by atoms with Crippen LogP contribution < -0.4 is 11.1 Å². The second-order valence-corrected chi connectivity index (χ2v) is 8.01. The topological polar surface area (TPSA) is 130 Å². The molecule has 8 heteroatoms. The number of carbonyl (C=O) groups excluding carboxylic acids is 1. The molecule has 0 spiro atoms. The number of nitrogens with one attached hydrogen (secondary N) is 1. The molecule has 1 aliphatic rings. The van der Waals surface area contributed by atoms with Crippen LogP contribution in [0.3, 0.4) is 0 Å². The molecule has 24 heavy (non-hydrogen) atoms. The molecule has 0 saturated heterocycles. The summed E-state index contributed by atoms with van der Waals surface area (Å²) in [7, 11) is 0. The molecule has 1 fully saturated rings. The third kappa shape index (κ3) is 7.35. The van der Waals surface area contributed by atoms with E-state index in [9.17, 15) is 14.4 Å². The molecule has 0 aliphatic heterocycles. The first kappa shape index (κ1) is 20.5. The van der Waals surface area contributed by atoms with E-state index >= 15 is 0 Å². The van der Waals surface area contributed by atoms with Crippen LogP contribution in [0.15, 0.2) is 11.8 Å². The first-order chi connectivity index (χ1) is 11.1. The SMILES string of the molecule is CC1(C)CC1C(=O)N/C(=C\CCCCSC(N)CC(=O)O)C(=O)O. The van der Waals surface area contributed by atoms with Gasteiger partial charge in [-0.3, -0.25) is 9.59 Å². The summed E-state index contributed by atoms with van der Waals surface area (Å²) in [6, 6.07) is 0. The van der Waals surface area contributed by atoms with Crippen molar-refractivity contribution in [1.82, 2.24) is 5.32 Å². The number of unbranched alkanes of at least 4 members (excludes halogenated alkanes) is 2. The van der Waals surface area contributed by atoms with Gasteiger partial charge in [0.15, 0.2) is 0 Å². The Labute approximate surface area is 146 Å². The first-order valence-electron chi connectivity index (χ1n) is 7.97. The molecule has 5 N–H and O–H groups in total. The van der Waals surface area contributed by atoms with E-state index in [0.29, 0.717) is 12.2 Å². The summed E-state index contributed by atoms with van der Waals surface area (Å²) in [5, 5.41) is 19.8. The maximum atomic E-state index is 12.0. The van der Waals surface area contributed by atoms with Crippen LogP contribution in [0.4, 0.5) is 0 Å². The van der Waals surface area contributed by atoms with Gasteiger partial charge in [0.25, 0.3) is 0 Å². The molecule has 1 saturated carbocycles. The molecule has 1 rings (SSSR count). The number of allylic oxidation sites excluding steroid dienone is 1. The highest BCUT2D eigenvalue weighted by molar-refractivity contribution is 7.99. The van der Waals surface area contributed by atoms with Crippen LogP contribution in [-0.4, -0.2) is 39.2 Å². The van der Waals surface area contributed by atoms with Gasteiger partial charge in [-0.1, -0.05) is 19.9 Å². The molecular formula is C16H26N2O5S. The number of carboxylic acids is 2. The van der Waals surface area contributed by atoms with Crippen molar-refractivity contribution in [3.05, 3.63) is 11.8 Å². The molecule has 1 aliphatic carbocycles. The van der Waals surface area contributed by atoms with Gasteiger partial charge in [-0.25, -0.2) is 4.79 Å². The second kappa shape index (κ2) is 9.08. The molecular weight excluding hydrogens is 332 g/mol. The molecule has 7 nitrogen and oxygen atoms in total. The molecule has 1 amide bonds. The smallest absolute Gasteiger partial charge is 0.352 e. The van der Waals surface area contributed by atoms with E-state index in [-0.39, 0.29) is 29.4 Å². The minimum absolute atomic E-state index is 0.0420. The quantitative estimate of drug-likeness (QED) is 0.252. The van der Waals surface area contributed by atoms with Crippen LogP contribution in [0, 0.1) is 11.3 Å². The normalized spacial score (nSPS) is 20.3. The minimum Gasteiger partial charge on any atom is -0.481 e. The van der Waals surface area contributed by atoms with E-state index in [0.717, 1.165) is 19.3 Å². The van der Waals surface area contributed by atoms with Crippen molar-refractivity contribution >= 4 is 29.6 Å². The third-order valence-electron chi connectivity index (χ3n) is 3.97. The van der Waals surface area contributed by atoms with Crippen LogP contribution in [0.25, 0.3) is 0 Å². The highest BCUT2D eigenvalue weighted by Gasteiger charge is 2.50. The maximum absolute atomic E-state index is 12.0. The van der Waals surface area contributed by atoms with Crippen molar-refractivity contribution < 1.29 is 24.6 Å². The largest absolute Gasteiger partial charge is 0.481 e. The maximum Gasteiger partial charge on any atom is 0.352 e. The van der Waals surface area contributed by atoms with Crippen molar-refractivity contribution in [2.45, 2.75) is 51.3 Å². The summed E-state index contributed by atoms with van der Waals surface area (Å²) in [5.41, 5.74) is 5.52. The van der Waals surface area contributed by atoms with Gasteiger partial charge in [-0.05, 0) is 36.9 Å². The van der Waals surface area contributed by atoms with Crippen LogP contribution in [0.5, 0.6) is 0 Å². The Kier molecular flexibility index (Phi) is 7.75. The third-order valence-corrected chi connectivity index (χ3v) is 5.09. The lowest BCUT2D eigenvalue weighted by molar-refractivity contribution is -0.137. The van der Waals surface area contributed by atoms with Gasteiger partial charge in [0.2, 0.25) is 5.91 Å². The summed E-state index contributed by atoms with van der Waals surface area (Å²) >= 11 is 1.38. The number of aliphatic carboxylic acids is 2. The Hall–Kier alpha value is -1.54. The number of thioether (sulfide) groups is 1. The van der Waals surface area contributed by atoms with E-state index in [1.54, 1.807) is 0 Å². The molecule has 0 radical (unpaired) electrons. The van der Waals surface area contributed by atoms with Crippen molar-refractivity contribution in [3.8, 4) is 0 Å². The highest BCUT2D eigenvalue weighted by atomic mass is 32.2. The number of hydrogen-bond acceptors (Lipinski definition) is 5. The van der Waals surface area contributed by atoms with Gasteiger partial charge in [-0.2, -0.15) is 0 Å². The number of hydrogen-bond donors (Lipinski definition) is 4. The van der Waals surface area contributed by atoms with E-state index in [2.05, 4.69) is 5.32 Å². The van der Waals surface area contributed by atoms with Crippen molar-refractivity contribution in [1.29, 1.82) is 0 Å². The summed E-state index contributed by atoms with van der Waals surface area (Å²) < 4.78 is 0. The lowest BCUT2D eigenvalue weighted by atomic mass is 10.1. The summed E-state index contributed by atoms with van der Waals surface area (Å²) in [6.45, 7) is 3.96. The molecule has 0 bridgehead atoms.